The molecule has 0 radical (unpaired) electrons. The van der Waals surface area contributed by atoms with E-state index in [-0.39, 0.29) is 24.1 Å². The molecule has 1 aromatic rings. The van der Waals surface area contributed by atoms with E-state index in [1.54, 1.807) is 19.1 Å². The number of alkyl halides is 1. The first-order chi connectivity index (χ1) is 13.3. The highest BCUT2D eigenvalue weighted by Gasteiger charge is 2.29. The molecule has 2 rings (SSSR count). The van der Waals surface area contributed by atoms with Crippen LogP contribution in [0, 0.1) is 5.82 Å². The molecule has 1 heterocycles. The summed E-state index contributed by atoms with van der Waals surface area (Å²) in [7, 11) is 0. The lowest BCUT2D eigenvalue weighted by Gasteiger charge is -2.21. The van der Waals surface area contributed by atoms with Crippen molar-refractivity contribution >= 4 is 21.8 Å². The molecular weight excluding hydrogens is 428 g/mol. The van der Waals surface area contributed by atoms with Gasteiger partial charge >= 0.3 is 0 Å². The third-order valence-electron chi connectivity index (χ3n) is 4.86. The number of benzene rings is 1. The van der Waals surface area contributed by atoms with E-state index in [0.717, 1.165) is 16.7 Å². The molecule has 1 unspecified atom stereocenters. The van der Waals surface area contributed by atoms with E-state index in [2.05, 4.69) is 22.5 Å². The van der Waals surface area contributed by atoms with Crippen molar-refractivity contribution in [3.05, 3.63) is 70.8 Å². The highest BCUT2D eigenvalue weighted by Crippen LogP contribution is 2.24. The van der Waals surface area contributed by atoms with Crippen LogP contribution >= 0.6 is 15.9 Å². The van der Waals surface area contributed by atoms with Crippen LogP contribution in [0.1, 0.15) is 43.7 Å². The number of aliphatic hydroxyl groups excluding tert-OH is 1. The van der Waals surface area contributed by atoms with Crippen molar-refractivity contribution in [3.8, 4) is 0 Å². The van der Waals surface area contributed by atoms with Crippen LogP contribution in [0.4, 0.5) is 8.78 Å². The number of allylic oxidation sites excluding steroid dienone is 5. The molecule has 152 valence electrons. The van der Waals surface area contributed by atoms with Gasteiger partial charge in [-0.15, -0.1) is 0 Å². The quantitative estimate of drug-likeness (QED) is 0.404. The Hall–Kier alpha value is -1.79. The van der Waals surface area contributed by atoms with Gasteiger partial charge in [-0.05, 0) is 60.6 Å². The Morgan fingerprint density at radius 1 is 1.46 bits per heavy atom. The van der Waals surface area contributed by atoms with Gasteiger partial charge in [0.2, 0.25) is 5.91 Å². The maximum absolute atomic E-state index is 14.2. The maximum atomic E-state index is 14.2. The molecule has 1 saturated heterocycles. The predicted molar refractivity (Wildman–Crippen MR) is 111 cm³/mol. The standard InChI is InChI=1S/C22H26BrF2NO2/c1-3-19(24)12-17(15(2)13-23)5-4-6-18-11-16(7-8-20(18)25)14-26-21(27)9-10-22(26)28/h3,7-8,11-12,21,27H,2,4-6,9-10,13-14H2,1H3/b17-12-,19-3+. The molecule has 3 nitrogen and oxygen atoms in total. The Bertz CT molecular complexity index is 789. The van der Waals surface area contributed by atoms with Crippen molar-refractivity contribution in [1.29, 1.82) is 0 Å². The summed E-state index contributed by atoms with van der Waals surface area (Å²) in [4.78, 5) is 13.2. The summed E-state index contributed by atoms with van der Waals surface area (Å²) in [5.74, 6) is -0.715. The molecule has 6 heteroatoms. The lowest BCUT2D eigenvalue weighted by Crippen LogP contribution is -2.32. The first kappa shape index (κ1) is 22.5. The summed E-state index contributed by atoms with van der Waals surface area (Å²) in [6.45, 7) is 5.84. The number of carbonyl (C=O) groups is 1. The lowest BCUT2D eigenvalue weighted by atomic mass is 9.98. The topological polar surface area (TPSA) is 40.5 Å². The van der Waals surface area contributed by atoms with E-state index in [0.29, 0.717) is 43.0 Å². The van der Waals surface area contributed by atoms with Crippen molar-refractivity contribution in [1.82, 2.24) is 4.90 Å². The normalized spacial score (nSPS) is 18.1. The first-order valence-electron chi connectivity index (χ1n) is 9.37. The summed E-state index contributed by atoms with van der Waals surface area (Å²) in [5.41, 5.74) is 2.93. The SMILES string of the molecule is C=C(CBr)/C(=C\C(F)=C/C)CCCc1cc(CN2C(=O)CCC2O)ccc1F. The Kier molecular flexibility index (Phi) is 8.58. The van der Waals surface area contributed by atoms with E-state index >= 15 is 0 Å². The van der Waals surface area contributed by atoms with Crippen LogP contribution in [0.5, 0.6) is 0 Å². The van der Waals surface area contributed by atoms with Crippen molar-refractivity contribution in [2.24, 2.45) is 0 Å². The van der Waals surface area contributed by atoms with Gasteiger partial charge in [-0.2, -0.15) is 0 Å². The van der Waals surface area contributed by atoms with Crippen LogP contribution < -0.4 is 0 Å². The van der Waals surface area contributed by atoms with E-state index < -0.39 is 6.23 Å². The second-order valence-electron chi connectivity index (χ2n) is 6.90. The average Bonchev–Trinajstić information content (AvgIpc) is 3.00. The van der Waals surface area contributed by atoms with Crippen molar-refractivity contribution in [2.45, 2.75) is 51.8 Å². The fourth-order valence-corrected chi connectivity index (χ4v) is 3.54. The monoisotopic (exact) mass is 453 g/mol. The number of hydrogen-bond donors (Lipinski definition) is 1. The lowest BCUT2D eigenvalue weighted by molar-refractivity contribution is -0.134. The summed E-state index contributed by atoms with van der Waals surface area (Å²) >= 11 is 3.34. The maximum Gasteiger partial charge on any atom is 0.225 e. The molecule has 1 atom stereocenters. The van der Waals surface area contributed by atoms with Crippen LogP contribution in [0.2, 0.25) is 0 Å². The number of aryl methyl sites for hydroxylation is 1. The number of amides is 1. The Morgan fingerprint density at radius 3 is 2.82 bits per heavy atom. The second kappa shape index (κ2) is 10.7. The largest absolute Gasteiger partial charge is 0.373 e. The minimum atomic E-state index is -0.773. The van der Waals surface area contributed by atoms with Crippen molar-refractivity contribution < 1.29 is 18.7 Å². The summed E-state index contributed by atoms with van der Waals surface area (Å²) < 4.78 is 27.8. The molecule has 0 saturated carbocycles. The van der Waals surface area contributed by atoms with Gasteiger partial charge in [0.1, 0.15) is 17.9 Å². The number of halogens is 3. The fraction of sp³-hybridized carbons (Fsp3) is 0.409. The highest BCUT2D eigenvalue weighted by molar-refractivity contribution is 9.09. The number of carbonyl (C=O) groups excluding carboxylic acids is 1. The van der Waals surface area contributed by atoms with Crippen molar-refractivity contribution in [2.75, 3.05) is 5.33 Å². The van der Waals surface area contributed by atoms with Crippen LogP contribution in [0.3, 0.4) is 0 Å². The van der Waals surface area contributed by atoms with Gasteiger partial charge in [-0.25, -0.2) is 8.78 Å². The zero-order valence-corrected chi connectivity index (χ0v) is 17.6. The fourth-order valence-electron chi connectivity index (χ4n) is 3.18. The third-order valence-corrected chi connectivity index (χ3v) is 5.53. The van der Waals surface area contributed by atoms with Gasteiger partial charge in [0.25, 0.3) is 0 Å². The molecule has 1 aliphatic rings. The molecule has 1 fully saturated rings. The highest BCUT2D eigenvalue weighted by atomic mass is 79.9. The minimum Gasteiger partial charge on any atom is -0.373 e. The van der Waals surface area contributed by atoms with Gasteiger partial charge in [0.05, 0.1) is 0 Å². The zero-order chi connectivity index (χ0) is 20.7. The van der Waals surface area contributed by atoms with E-state index in [4.69, 9.17) is 0 Å². The van der Waals surface area contributed by atoms with Crippen LogP contribution in [-0.4, -0.2) is 27.5 Å². The molecule has 0 aliphatic carbocycles. The first-order valence-corrected chi connectivity index (χ1v) is 10.5. The second-order valence-corrected chi connectivity index (χ2v) is 7.46. The summed E-state index contributed by atoms with van der Waals surface area (Å²) in [5, 5.41) is 10.4. The third kappa shape index (κ3) is 6.11. The van der Waals surface area contributed by atoms with E-state index in [1.807, 2.05) is 0 Å². The predicted octanol–water partition coefficient (Wildman–Crippen LogP) is 5.34. The molecule has 28 heavy (non-hydrogen) atoms. The Labute approximate surface area is 173 Å². The van der Waals surface area contributed by atoms with Gasteiger partial charge < -0.3 is 10.0 Å². The van der Waals surface area contributed by atoms with Gasteiger partial charge in [-0.1, -0.05) is 40.7 Å². The van der Waals surface area contributed by atoms with Gasteiger partial charge in [-0.3, -0.25) is 4.79 Å². The van der Waals surface area contributed by atoms with Crippen LogP contribution in [0.25, 0.3) is 0 Å². The molecule has 1 aromatic carbocycles. The smallest absolute Gasteiger partial charge is 0.225 e. The molecule has 0 bridgehead atoms. The molecule has 1 aliphatic heterocycles. The summed E-state index contributed by atoms with van der Waals surface area (Å²) in [6.07, 6.45) is 4.56. The van der Waals surface area contributed by atoms with Gasteiger partial charge in [0.15, 0.2) is 0 Å². The molecule has 0 spiro atoms. The Morgan fingerprint density at radius 2 is 2.21 bits per heavy atom. The van der Waals surface area contributed by atoms with E-state index in [1.165, 1.54) is 23.1 Å². The number of hydrogen-bond acceptors (Lipinski definition) is 2. The van der Waals surface area contributed by atoms with Crippen LogP contribution in [-0.2, 0) is 17.8 Å². The van der Waals surface area contributed by atoms with Gasteiger partial charge in [0, 0.05) is 24.7 Å². The Balaban J connectivity index is 2.04. The number of aliphatic hydroxyl groups is 1. The average molecular weight is 454 g/mol. The molecule has 1 amide bonds. The zero-order valence-electron chi connectivity index (χ0n) is 16.1. The van der Waals surface area contributed by atoms with Crippen LogP contribution in [0.15, 0.2) is 53.9 Å². The molecular formula is C22H26BrF2NO2. The number of nitrogens with zero attached hydrogens (tertiary/aromatic N) is 1. The number of rotatable bonds is 9. The summed E-state index contributed by atoms with van der Waals surface area (Å²) in [6, 6.07) is 4.77. The number of likely N-dealkylation sites (tertiary alicyclic amines) is 1. The molecule has 0 aromatic heterocycles. The molecule has 1 N–H and O–H groups in total. The van der Waals surface area contributed by atoms with E-state index in [9.17, 15) is 18.7 Å². The van der Waals surface area contributed by atoms with Crippen molar-refractivity contribution in [3.63, 3.8) is 0 Å². The minimum absolute atomic E-state index is 0.0903.